The molecule has 1 N–H and O–H groups in total. The Balaban J connectivity index is 1.80. The van der Waals surface area contributed by atoms with E-state index in [0.717, 1.165) is 19.3 Å². The molecular formula is C19H24N2O4S. The minimum atomic E-state index is -3.60. The lowest BCUT2D eigenvalue weighted by atomic mass is 10.1. The number of sulfonamides is 1. The fourth-order valence-corrected chi connectivity index (χ4v) is 5.00. The summed E-state index contributed by atoms with van der Waals surface area (Å²) in [6, 6.07) is 9.42. The van der Waals surface area contributed by atoms with E-state index in [0.29, 0.717) is 17.9 Å². The summed E-state index contributed by atoms with van der Waals surface area (Å²) >= 11 is 0. The van der Waals surface area contributed by atoms with E-state index in [9.17, 15) is 13.2 Å². The monoisotopic (exact) mass is 376 g/mol. The average molecular weight is 376 g/mol. The molecule has 2 aromatic rings. The Morgan fingerprint density at radius 2 is 2.08 bits per heavy atom. The van der Waals surface area contributed by atoms with Crippen LogP contribution in [-0.4, -0.2) is 31.2 Å². The first kappa shape index (κ1) is 18.7. The van der Waals surface area contributed by atoms with Crippen molar-refractivity contribution in [1.82, 2.24) is 9.62 Å². The van der Waals surface area contributed by atoms with Crippen molar-refractivity contribution in [2.45, 2.75) is 50.1 Å². The van der Waals surface area contributed by atoms with E-state index in [1.54, 1.807) is 40.9 Å². The smallest absolute Gasteiger partial charge is 0.251 e. The molecule has 0 bridgehead atoms. The quantitative estimate of drug-likeness (QED) is 0.868. The molecule has 2 heterocycles. The first-order valence-electron chi connectivity index (χ1n) is 8.86. The molecule has 1 aromatic carbocycles. The Hall–Kier alpha value is -2.12. The molecule has 1 aromatic heterocycles. The lowest BCUT2D eigenvalue weighted by molar-refractivity contribution is 0.0935. The molecule has 1 saturated heterocycles. The maximum Gasteiger partial charge on any atom is 0.251 e. The number of hydrogen-bond donors (Lipinski definition) is 1. The summed E-state index contributed by atoms with van der Waals surface area (Å²) in [5.74, 6) is 0.307. The van der Waals surface area contributed by atoms with Crippen LogP contribution in [0.25, 0.3) is 0 Å². The van der Waals surface area contributed by atoms with Crippen LogP contribution in [0.5, 0.6) is 0 Å². The summed E-state index contributed by atoms with van der Waals surface area (Å²) in [6.45, 7) is 4.26. The number of nitrogens with zero attached hydrogens (tertiary/aromatic N) is 1. The molecule has 2 atom stereocenters. The highest BCUT2D eigenvalue weighted by molar-refractivity contribution is 7.89. The van der Waals surface area contributed by atoms with Gasteiger partial charge in [0.05, 0.1) is 17.2 Å². The van der Waals surface area contributed by atoms with Gasteiger partial charge >= 0.3 is 0 Å². The summed E-state index contributed by atoms with van der Waals surface area (Å²) in [6.07, 6.45) is 4.32. The van der Waals surface area contributed by atoms with Gasteiger partial charge in [-0.1, -0.05) is 12.5 Å². The van der Waals surface area contributed by atoms with Gasteiger partial charge in [0.25, 0.3) is 5.91 Å². The Morgan fingerprint density at radius 1 is 1.27 bits per heavy atom. The van der Waals surface area contributed by atoms with Crippen molar-refractivity contribution in [2.75, 3.05) is 6.54 Å². The molecule has 1 aliphatic heterocycles. The number of rotatable bonds is 5. The van der Waals surface area contributed by atoms with Crippen molar-refractivity contribution in [3.05, 3.63) is 54.0 Å². The van der Waals surface area contributed by atoms with Crippen LogP contribution in [-0.2, 0) is 10.0 Å². The molecule has 0 unspecified atom stereocenters. The zero-order valence-electron chi connectivity index (χ0n) is 15.0. The fraction of sp³-hybridized carbons (Fsp3) is 0.421. The molecule has 0 spiro atoms. The summed E-state index contributed by atoms with van der Waals surface area (Å²) < 4.78 is 32.7. The molecule has 1 fully saturated rings. The topological polar surface area (TPSA) is 79.6 Å². The number of benzene rings is 1. The predicted octanol–water partition coefficient (Wildman–Crippen LogP) is 3.33. The van der Waals surface area contributed by atoms with Crippen LogP contribution in [0, 0.1) is 0 Å². The van der Waals surface area contributed by atoms with Gasteiger partial charge in [-0.3, -0.25) is 4.79 Å². The normalized spacial score (nSPS) is 19.8. The minimum Gasteiger partial charge on any atom is -0.467 e. The molecule has 1 aliphatic rings. The molecule has 1 amide bonds. The summed E-state index contributed by atoms with van der Waals surface area (Å²) in [7, 11) is -3.60. The second-order valence-electron chi connectivity index (χ2n) is 6.70. The fourth-order valence-electron chi connectivity index (χ4n) is 3.25. The van der Waals surface area contributed by atoms with E-state index in [1.807, 2.05) is 13.8 Å². The van der Waals surface area contributed by atoms with Gasteiger partial charge < -0.3 is 9.73 Å². The first-order valence-corrected chi connectivity index (χ1v) is 10.3. The molecule has 0 saturated carbocycles. The van der Waals surface area contributed by atoms with Gasteiger partial charge in [0.15, 0.2) is 0 Å². The lowest BCUT2D eigenvalue weighted by Crippen LogP contribution is -2.42. The van der Waals surface area contributed by atoms with Gasteiger partial charge in [0.2, 0.25) is 10.0 Å². The number of furan rings is 1. The van der Waals surface area contributed by atoms with Gasteiger partial charge in [0.1, 0.15) is 5.76 Å². The Labute approximate surface area is 154 Å². The summed E-state index contributed by atoms with van der Waals surface area (Å²) in [4.78, 5) is 12.7. The largest absolute Gasteiger partial charge is 0.467 e. The third-order valence-corrected chi connectivity index (χ3v) is 6.77. The zero-order chi connectivity index (χ0) is 18.7. The van der Waals surface area contributed by atoms with Crippen molar-refractivity contribution >= 4 is 15.9 Å². The van der Waals surface area contributed by atoms with Crippen molar-refractivity contribution in [3.8, 4) is 0 Å². The first-order chi connectivity index (χ1) is 12.4. The van der Waals surface area contributed by atoms with E-state index >= 15 is 0 Å². The average Bonchev–Trinajstić information content (AvgIpc) is 3.17. The van der Waals surface area contributed by atoms with Crippen LogP contribution in [0.2, 0.25) is 0 Å². The second-order valence-corrected chi connectivity index (χ2v) is 8.59. The molecule has 6 nitrogen and oxygen atoms in total. The van der Waals surface area contributed by atoms with Gasteiger partial charge in [0, 0.05) is 18.2 Å². The maximum atomic E-state index is 13.0. The highest BCUT2D eigenvalue weighted by atomic mass is 32.2. The standard InChI is InChI=1S/C19H24N2O4S/c1-14-7-3-4-11-21(14)26(23,24)17-9-5-8-16(13-17)19(22)20-15(2)18-10-6-12-25-18/h5-6,8-10,12-15H,3-4,7,11H2,1-2H3,(H,20,22)/t14-,15+/m1/s1. The molecule has 3 rings (SSSR count). The number of nitrogens with one attached hydrogen (secondary N) is 1. The number of amides is 1. The van der Waals surface area contributed by atoms with Gasteiger partial charge in [-0.05, 0) is 57.0 Å². The van der Waals surface area contributed by atoms with Crippen LogP contribution < -0.4 is 5.32 Å². The van der Waals surface area contributed by atoms with E-state index in [1.165, 1.54) is 6.07 Å². The number of piperidine rings is 1. The Morgan fingerprint density at radius 3 is 2.77 bits per heavy atom. The minimum absolute atomic E-state index is 0.0230. The van der Waals surface area contributed by atoms with Crippen LogP contribution in [0.3, 0.4) is 0 Å². The van der Waals surface area contributed by atoms with E-state index in [-0.39, 0.29) is 22.9 Å². The van der Waals surface area contributed by atoms with Crippen LogP contribution >= 0.6 is 0 Å². The third kappa shape index (κ3) is 3.83. The summed E-state index contributed by atoms with van der Waals surface area (Å²) in [5.41, 5.74) is 0.314. The van der Waals surface area contributed by atoms with E-state index < -0.39 is 10.0 Å². The maximum absolute atomic E-state index is 13.0. The van der Waals surface area contributed by atoms with E-state index in [4.69, 9.17) is 4.42 Å². The van der Waals surface area contributed by atoms with Crippen molar-refractivity contribution in [2.24, 2.45) is 0 Å². The highest BCUT2D eigenvalue weighted by Gasteiger charge is 2.31. The van der Waals surface area contributed by atoms with Gasteiger partial charge in [-0.25, -0.2) is 8.42 Å². The Bertz CT molecular complexity index is 861. The van der Waals surface area contributed by atoms with Crippen LogP contribution in [0.1, 0.15) is 55.3 Å². The number of carbonyl (C=O) groups excluding carboxylic acids is 1. The van der Waals surface area contributed by atoms with E-state index in [2.05, 4.69) is 5.32 Å². The highest BCUT2D eigenvalue weighted by Crippen LogP contribution is 2.25. The third-order valence-electron chi connectivity index (χ3n) is 4.76. The number of carbonyl (C=O) groups is 1. The number of hydrogen-bond acceptors (Lipinski definition) is 4. The SMILES string of the molecule is C[C@H](NC(=O)c1cccc(S(=O)(=O)N2CCCC[C@H]2C)c1)c1ccco1. The molecule has 26 heavy (non-hydrogen) atoms. The second kappa shape index (κ2) is 7.63. The Kier molecular flexibility index (Phi) is 5.48. The van der Waals surface area contributed by atoms with Crippen molar-refractivity contribution in [1.29, 1.82) is 0 Å². The molecule has 0 aliphatic carbocycles. The van der Waals surface area contributed by atoms with Gasteiger partial charge in [-0.2, -0.15) is 4.31 Å². The van der Waals surface area contributed by atoms with Crippen LogP contribution in [0.15, 0.2) is 52.0 Å². The van der Waals surface area contributed by atoms with Crippen LogP contribution in [0.4, 0.5) is 0 Å². The molecule has 140 valence electrons. The molecule has 0 radical (unpaired) electrons. The van der Waals surface area contributed by atoms with Crippen molar-refractivity contribution in [3.63, 3.8) is 0 Å². The van der Waals surface area contributed by atoms with Crippen molar-refractivity contribution < 1.29 is 17.6 Å². The van der Waals surface area contributed by atoms with Gasteiger partial charge in [-0.15, -0.1) is 0 Å². The lowest BCUT2D eigenvalue weighted by Gasteiger charge is -2.32. The summed E-state index contributed by atoms with van der Waals surface area (Å²) in [5, 5.41) is 2.82. The predicted molar refractivity (Wildman–Crippen MR) is 98.2 cm³/mol. The molecule has 7 heteroatoms. The molecular weight excluding hydrogens is 352 g/mol. The zero-order valence-corrected chi connectivity index (χ0v) is 15.8.